The van der Waals surface area contributed by atoms with Crippen molar-refractivity contribution >= 4 is 28.4 Å². The van der Waals surface area contributed by atoms with E-state index in [4.69, 9.17) is 0 Å². The molecular weight excluding hydrogens is 364 g/mol. The van der Waals surface area contributed by atoms with E-state index >= 15 is 0 Å². The molecular formula is C23H30N4S. The Morgan fingerprint density at radius 2 is 1.86 bits per heavy atom. The molecule has 148 valence electrons. The SMILES string of the molecule is Cc1cc2c(s1)C(N1CCCC1C)=CC(c1ccc(N3CCNCC3)cc1)N2. The van der Waals surface area contributed by atoms with Gasteiger partial charge in [0.2, 0.25) is 0 Å². The zero-order valence-corrected chi connectivity index (χ0v) is 17.7. The van der Waals surface area contributed by atoms with Crippen molar-refractivity contribution in [3.63, 3.8) is 0 Å². The molecule has 0 aliphatic carbocycles. The molecule has 0 saturated carbocycles. The van der Waals surface area contributed by atoms with Gasteiger partial charge in [0, 0.05) is 49.3 Å². The van der Waals surface area contributed by atoms with E-state index in [0.29, 0.717) is 6.04 Å². The Bertz CT molecular complexity index is 863. The van der Waals surface area contributed by atoms with Crippen LogP contribution in [0.1, 0.15) is 41.1 Å². The number of nitrogens with one attached hydrogen (secondary N) is 2. The van der Waals surface area contributed by atoms with Gasteiger partial charge in [0.15, 0.2) is 0 Å². The molecule has 3 aliphatic rings. The van der Waals surface area contributed by atoms with E-state index in [-0.39, 0.29) is 6.04 Å². The molecule has 2 fully saturated rings. The number of rotatable bonds is 3. The Morgan fingerprint density at radius 1 is 1.07 bits per heavy atom. The van der Waals surface area contributed by atoms with Gasteiger partial charge in [0.25, 0.3) is 0 Å². The molecule has 2 saturated heterocycles. The first-order valence-corrected chi connectivity index (χ1v) is 11.4. The van der Waals surface area contributed by atoms with E-state index < -0.39 is 0 Å². The Kier molecular flexibility index (Phi) is 4.81. The van der Waals surface area contributed by atoms with Gasteiger partial charge in [-0.05, 0) is 56.5 Å². The largest absolute Gasteiger partial charge is 0.373 e. The third-order valence-corrected chi connectivity index (χ3v) is 7.39. The summed E-state index contributed by atoms with van der Waals surface area (Å²) in [6, 6.07) is 12.4. The van der Waals surface area contributed by atoms with Gasteiger partial charge >= 0.3 is 0 Å². The second-order valence-electron chi connectivity index (χ2n) is 8.29. The molecule has 28 heavy (non-hydrogen) atoms. The molecule has 0 amide bonds. The van der Waals surface area contributed by atoms with Crippen LogP contribution in [0.2, 0.25) is 0 Å². The minimum absolute atomic E-state index is 0.237. The van der Waals surface area contributed by atoms with Gasteiger partial charge in [0.05, 0.1) is 22.3 Å². The van der Waals surface area contributed by atoms with Crippen molar-refractivity contribution in [2.75, 3.05) is 42.9 Å². The predicted molar refractivity (Wildman–Crippen MR) is 120 cm³/mol. The maximum Gasteiger partial charge on any atom is 0.0736 e. The van der Waals surface area contributed by atoms with Crippen molar-refractivity contribution < 1.29 is 0 Å². The summed E-state index contributed by atoms with van der Waals surface area (Å²) in [6.07, 6.45) is 5.06. The summed E-state index contributed by atoms with van der Waals surface area (Å²) >= 11 is 1.92. The Balaban J connectivity index is 1.44. The van der Waals surface area contributed by atoms with Gasteiger partial charge in [-0.25, -0.2) is 0 Å². The van der Waals surface area contributed by atoms with Crippen LogP contribution in [0.25, 0.3) is 5.70 Å². The summed E-state index contributed by atoms with van der Waals surface area (Å²) in [5.74, 6) is 0. The zero-order valence-electron chi connectivity index (χ0n) is 16.9. The van der Waals surface area contributed by atoms with Crippen LogP contribution in [0, 0.1) is 6.92 Å². The van der Waals surface area contributed by atoms with Crippen molar-refractivity contribution in [3.05, 3.63) is 51.7 Å². The standard InChI is InChI=1S/C23H30N4S/c1-16-4-3-11-27(16)22-15-20(25-21-14-17(2)28-23(21)22)18-5-7-19(8-6-18)26-12-9-24-10-13-26/h5-8,14-16,20,24-25H,3-4,9-13H2,1-2H3. The van der Waals surface area contributed by atoms with E-state index in [1.165, 1.54) is 51.8 Å². The lowest BCUT2D eigenvalue weighted by Gasteiger charge is -2.33. The molecule has 1 aromatic carbocycles. The van der Waals surface area contributed by atoms with Gasteiger partial charge in [0.1, 0.15) is 0 Å². The molecule has 5 rings (SSSR count). The fraction of sp³-hybridized carbons (Fsp3) is 0.478. The van der Waals surface area contributed by atoms with Crippen LogP contribution in [-0.2, 0) is 0 Å². The van der Waals surface area contributed by atoms with Gasteiger partial charge in [-0.1, -0.05) is 12.1 Å². The number of hydrogen-bond acceptors (Lipinski definition) is 5. The van der Waals surface area contributed by atoms with Gasteiger partial charge in [-0.15, -0.1) is 11.3 Å². The molecule has 2 aromatic rings. The number of piperazine rings is 1. The van der Waals surface area contributed by atoms with Gasteiger partial charge in [-0.2, -0.15) is 0 Å². The van der Waals surface area contributed by atoms with Crippen LogP contribution in [0.4, 0.5) is 11.4 Å². The number of nitrogens with zero attached hydrogens (tertiary/aromatic N) is 2. The molecule has 5 heteroatoms. The Morgan fingerprint density at radius 3 is 2.57 bits per heavy atom. The fourth-order valence-corrected chi connectivity index (χ4v) is 5.78. The normalized spacial score (nSPS) is 24.7. The number of thiophene rings is 1. The molecule has 4 heterocycles. The van der Waals surface area contributed by atoms with E-state index in [1.807, 2.05) is 11.3 Å². The highest BCUT2D eigenvalue weighted by atomic mass is 32.1. The maximum absolute atomic E-state index is 3.79. The quantitative estimate of drug-likeness (QED) is 0.805. The Hall–Kier alpha value is -1.98. The van der Waals surface area contributed by atoms with E-state index in [9.17, 15) is 0 Å². The first kappa shape index (κ1) is 18.1. The van der Waals surface area contributed by atoms with Crippen molar-refractivity contribution in [2.24, 2.45) is 0 Å². The van der Waals surface area contributed by atoms with Crippen molar-refractivity contribution in [1.82, 2.24) is 10.2 Å². The molecule has 0 radical (unpaired) electrons. The number of hydrogen-bond donors (Lipinski definition) is 2. The minimum atomic E-state index is 0.237. The molecule has 4 nitrogen and oxygen atoms in total. The van der Waals surface area contributed by atoms with E-state index in [2.05, 4.69) is 70.7 Å². The number of benzene rings is 1. The summed E-state index contributed by atoms with van der Waals surface area (Å²) in [4.78, 5) is 7.89. The molecule has 3 aliphatic heterocycles. The van der Waals surface area contributed by atoms with Crippen LogP contribution in [0.15, 0.2) is 36.4 Å². The topological polar surface area (TPSA) is 30.5 Å². The fourth-order valence-electron chi connectivity index (χ4n) is 4.77. The monoisotopic (exact) mass is 394 g/mol. The number of likely N-dealkylation sites (tertiary alicyclic amines) is 1. The van der Waals surface area contributed by atoms with Gasteiger partial charge in [-0.3, -0.25) is 0 Å². The summed E-state index contributed by atoms with van der Waals surface area (Å²) in [5, 5.41) is 7.22. The number of aryl methyl sites for hydroxylation is 1. The van der Waals surface area contributed by atoms with Gasteiger partial charge < -0.3 is 20.4 Å². The number of fused-ring (bicyclic) bond motifs is 1. The van der Waals surface area contributed by atoms with Crippen molar-refractivity contribution in [1.29, 1.82) is 0 Å². The minimum Gasteiger partial charge on any atom is -0.373 e. The zero-order chi connectivity index (χ0) is 19.1. The smallest absolute Gasteiger partial charge is 0.0736 e. The lowest BCUT2D eigenvalue weighted by atomic mass is 10.00. The highest BCUT2D eigenvalue weighted by Crippen LogP contribution is 2.44. The molecule has 0 spiro atoms. The third kappa shape index (κ3) is 3.31. The van der Waals surface area contributed by atoms with Crippen LogP contribution in [-0.4, -0.2) is 43.7 Å². The molecule has 1 aromatic heterocycles. The first-order chi connectivity index (χ1) is 13.7. The molecule has 2 atom stereocenters. The predicted octanol–water partition coefficient (Wildman–Crippen LogP) is 4.46. The number of anilines is 2. The van der Waals surface area contributed by atoms with Crippen LogP contribution in [0.3, 0.4) is 0 Å². The highest BCUT2D eigenvalue weighted by molar-refractivity contribution is 7.13. The highest BCUT2D eigenvalue weighted by Gasteiger charge is 2.30. The summed E-state index contributed by atoms with van der Waals surface area (Å²) in [5.41, 5.74) is 5.42. The molecule has 2 unspecified atom stereocenters. The van der Waals surface area contributed by atoms with Crippen molar-refractivity contribution in [2.45, 2.75) is 38.8 Å². The average Bonchev–Trinajstić information content (AvgIpc) is 3.32. The molecule has 2 N–H and O–H groups in total. The average molecular weight is 395 g/mol. The van der Waals surface area contributed by atoms with Crippen LogP contribution in [0.5, 0.6) is 0 Å². The second kappa shape index (κ2) is 7.45. The molecule has 0 bridgehead atoms. The summed E-state index contributed by atoms with van der Waals surface area (Å²) in [6.45, 7) is 10.1. The lowest BCUT2D eigenvalue weighted by molar-refractivity contribution is 0.392. The van der Waals surface area contributed by atoms with E-state index in [0.717, 1.165) is 26.2 Å². The lowest BCUT2D eigenvalue weighted by Crippen LogP contribution is -2.43. The first-order valence-electron chi connectivity index (χ1n) is 10.6. The van der Waals surface area contributed by atoms with Crippen LogP contribution >= 0.6 is 11.3 Å². The summed E-state index contributed by atoms with van der Waals surface area (Å²) in [7, 11) is 0. The maximum atomic E-state index is 3.79. The van der Waals surface area contributed by atoms with E-state index in [1.54, 1.807) is 0 Å². The summed E-state index contributed by atoms with van der Waals surface area (Å²) < 4.78 is 0. The van der Waals surface area contributed by atoms with Crippen molar-refractivity contribution in [3.8, 4) is 0 Å². The van der Waals surface area contributed by atoms with Crippen LogP contribution < -0.4 is 15.5 Å². The second-order valence-corrected chi connectivity index (χ2v) is 9.54. The Labute approximate surface area is 172 Å². The third-order valence-electron chi connectivity index (χ3n) is 6.32.